The molecule has 1 saturated carbocycles. The lowest BCUT2D eigenvalue weighted by molar-refractivity contribution is -0.147. The largest absolute Gasteiger partial charge is 0.469 e. The van der Waals surface area contributed by atoms with Crippen molar-refractivity contribution in [1.82, 2.24) is 0 Å². The van der Waals surface area contributed by atoms with Crippen LogP contribution in [0, 0.1) is 17.8 Å². The Morgan fingerprint density at radius 3 is 2.07 bits per heavy atom. The number of hydrogen-bond donors (Lipinski definition) is 0. The van der Waals surface area contributed by atoms with Crippen molar-refractivity contribution in [3.63, 3.8) is 0 Å². The fourth-order valence-electron chi connectivity index (χ4n) is 2.16. The van der Waals surface area contributed by atoms with E-state index in [0.29, 0.717) is 5.92 Å². The van der Waals surface area contributed by atoms with Gasteiger partial charge >= 0.3 is 5.97 Å². The van der Waals surface area contributed by atoms with E-state index in [0.717, 1.165) is 5.92 Å². The number of carbonyl (C=O) groups is 1. The molecule has 0 heterocycles. The van der Waals surface area contributed by atoms with Crippen LogP contribution in [0.4, 0.5) is 0 Å². The summed E-state index contributed by atoms with van der Waals surface area (Å²) in [6.45, 7) is 8.28. The van der Waals surface area contributed by atoms with E-state index in [1.54, 1.807) is 0 Å². The topological polar surface area (TPSA) is 26.3 Å². The Morgan fingerprint density at radius 1 is 1.20 bits per heavy atom. The molecule has 0 radical (unpaired) electrons. The minimum atomic E-state index is -0.0421. The maximum Gasteiger partial charge on any atom is 0.308 e. The summed E-state index contributed by atoms with van der Waals surface area (Å²) in [6, 6.07) is 0. The molecule has 15 heavy (non-hydrogen) atoms. The van der Waals surface area contributed by atoms with Crippen molar-refractivity contribution < 1.29 is 9.53 Å². The average Bonchev–Trinajstić information content (AvgIpc) is 2.31. The van der Waals surface area contributed by atoms with E-state index in [-0.39, 0.29) is 11.9 Å². The van der Waals surface area contributed by atoms with Gasteiger partial charge in [0.15, 0.2) is 0 Å². The van der Waals surface area contributed by atoms with E-state index in [1.165, 1.54) is 32.8 Å². The van der Waals surface area contributed by atoms with E-state index < -0.39 is 0 Å². The molecule has 2 nitrogen and oxygen atoms in total. The van der Waals surface area contributed by atoms with Gasteiger partial charge in [-0.15, -0.1) is 0 Å². The lowest BCUT2D eigenvalue weighted by Gasteiger charge is -2.29. The highest BCUT2D eigenvalue weighted by molar-refractivity contribution is 5.72. The molecule has 0 saturated heterocycles. The molecule has 1 aliphatic carbocycles. The van der Waals surface area contributed by atoms with Crippen molar-refractivity contribution in [2.75, 3.05) is 7.11 Å². The predicted molar refractivity (Wildman–Crippen MR) is 63.7 cm³/mol. The first kappa shape index (κ1) is 14.5. The molecule has 1 unspecified atom stereocenters. The van der Waals surface area contributed by atoms with Crippen molar-refractivity contribution in [2.45, 2.75) is 53.4 Å². The number of methoxy groups -OCH3 is 1. The number of esters is 1. The van der Waals surface area contributed by atoms with Gasteiger partial charge in [0.2, 0.25) is 0 Å². The molecule has 0 aromatic rings. The van der Waals surface area contributed by atoms with Gasteiger partial charge in [0.1, 0.15) is 0 Å². The molecule has 1 aliphatic rings. The van der Waals surface area contributed by atoms with Crippen molar-refractivity contribution in [1.29, 1.82) is 0 Å². The molecule has 0 aliphatic heterocycles. The van der Waals surface area contributed by atoms with Crippen molar-refractivity contribution in [3.05, 3.63) is 0 Å². The quantitative estimate of drug-likeness (QED) is 0.656. The summed E-state index contributed by atoms with van der Waals surface area (Å²) < 4.78 is 4.75. The average molecular weight is 214 g/mol. The van der Waals surface area contributed by atoms with E-state index in [1.807, 2.05) is 20.8 Å². The number of carbonyl (C=O) groups excluding carboxylic acids is 1. The smallest absolute Gasteiger partial charge is 0.308 e. The standard InChI is InChI=1S/C11H20O2.C2H6/c1-8-4-6-10(7-5-8)9(2)11(12)13-3;1-2/h8-10H,4-7H2,1-3H3;1-2H3. The van der Waals surface area contributed by atoms with Gasteiger partial charge in [-0.2, -0.15) is 0 Å². The molecule has 0 spiro atoms. The Labute approximate surface area is 94.4 Å². The molecule has 0 aromatic heterocycles. The Morgan fingerprint density at radius 2 is 1.67 bits per heavy atom. The molecule has 0 aromatic carbocycles. The molecular formula is C13H26O2. The maximum atomic E-state index is 11.3. The van der Waals surface area contributed by atoms with Gasteiger partial charge in [0.05, 0.1) is 13.0 Å². The predicted octanol–water partition coefficient (Wildman–Crippen LogP) is 3.65. The van der Waals surface area contributed by atoms with Crippen LogP contribution in [0.15, 0.2) is 0 Å². The molecule has 1 rings (SSSR count). The summed E-state index contributed by atoms with van der Waals surface area (Å²) in [5.74, 6) is 1.46. The maximum absolute atomic E-state index is 11.3. The molecule has 0 amide bonds. The summed E-state index contributed by atoms with van der Waals surface area (Å²) in [7, 11) is 1.48. The normalized spacial score (nSPS) is 27.3. The van der Waals surface area contributed by atoms with Gasteiger partial charge in [0, 0.05) is 0 Å². The van der Waals surface area contributed by atoms with Crippen LogP contribution in [0.5, 0.6) is 0 Å². The molecule has 2 heteroatoms. The van der Waals surface area contributed by atoms with Crippen LogP contribution in [0.1, 0.15) is 53.4 Å². The van der Waals surface area contributed by atoms with Crippen LogP contribution >= 0.6 is 0 Å². The van der Waals surface area contributed by atoms with Crippen molar-refractivity contribution in [3.8, 4) is 0 Å². The van der Waals surface area contributed by atoms with Gasteiger partial charge in [-0.25, -0.2) is 0 Å². The minimum Gasteiger partial charge on any atom is -0.469 e. The number of ether oxygens (including phenoxy) is 1. The van der Waals surface area contributed by atoms with Gasteiger partial charge in [-0.05, 0) is 24.7 Å². The minimum absolute atomic E-state index is 0.0421. The lowest BCUT2D eigenvalue weighted by atomic mass is 9.77. The SMILES string of the molecule is CC.COC(=O)C(C)C1CCC(C)CC1. The van der Waals surface area contributed by atoms with Crippen LogP contribution in [0.2, 0.25) is 0 Å². The van der Waals surface area contributed by atoms with E-state index >= 15 is 0 Å². The van der Waals surface area contributed by atoms with Crippen molar-refractivity contribution >= 4 is 5.97 Å². The summed E-state index contributed by atoms with van der Waals surface area (Å²) in [5.41, 5.74) is 0. The summed E-state index contributed by atoms with van der Waals surface area (Å²) in [5, 5.41) is 0. The second-order valence-electron chi connectivity index (χ2n) is 4.33. The van der Waals surface area contributed by atoms with Crippen LogP contribution in [-0.2, 0) is 9.53 Å². The fourth-order valence-corrected chi connectivity index (χ4v) is 2.16. The Hall–Kier alpha value is -0.530. The first-order valence-corrected chi connectivity index (χ1v) is 6.23. The van der Waals surface area contributed by atoms with Crippen LogP contribution in [-0.4, -0.2) is 13.1 Å². The zero-order valence-corrected chi connectivity index (χ0v) is 10.9. The highest BCUT2D eigenvalue weighted by atomic mass is 16.5. The van der Waals surface area contributed by atoms with E-state index in [9.17, 15) is 4.79 Å². The third-order valence-corrected chi connectivity index (χ3v) is 3.34. The first-order chi connectivity index (χ1) is 7.15. The molecule has 0 bridgehead atoms. The fraction of sp³-hybridized carbons (Fsp3) is 0.923. The van der Waals surface area contributed by atoms with Gasteiger partial charge < -0.3 is 4.74 Å². The van der Waals surface area contributed by atoms with Crippen LogP contribution in [0.25, 0.3) is 0 Å². The zero-order chi connectivity index (χ0) is 11.8. The second kappa shape index (κ2) is 7.72. The van der Waals surface area contributed by atoms with Gasteiger partial charge in [-0.3, -0.25) is 4.79 Å². The molecule has 90 valence electrons. The summed E-state index contributed by atoms with van der Waals surface area (Å²) in [6.07, 6.45) is 4.92. The van der Waals surface area contributed by atoms with E-state index in [4.69, 9.17) is 4.74 Å². The molecule has 1 fully saturated rings. The molecule has 0 N–H and O–H groups in total. The number of hydrogen-bond acceptors (Lipinski definition) is 2. The monoisotopic (exact) mass is 214 g/mol. The Balaban J connectivity index is 0.000000921. The summed E-state index contributed by atoms with van der Waals surface area (Å²) >= 11 is 0. The lowest BCUT2D eigenvalue weighted by Crippen LogP contribution is -2.25. The Kier molecular flexibility index (Phi) is 7.45. The van der Waals surface area contributed by atoms with E-state index in [2.05, 4.69) is 6.92 Å². The van der Waals surface area contributed by atoms with Crippen LogP contribution < -0.4 is 0 Å². The highest BCUT2D eigenvalue weighted by Crippen LogP contribution is 2.33. The third kappa shape index (κ3) is 4.67. The second-order valence-corrected chi connectivity index (χ2v) is 4.33. The highest BCUT2D eigenvalue weighted by Gasteiger charge is 2.27. The van der Waals surface area contributed by atoms with Gasteiger partial charge in [0.25, 0.3) is 0 Å². The summed E-state index contributed by atoms with van der Waals surface area (Å²) in [4.78, 5) is 11.3. The van der Waals surface area contributed by atoms with Crippen LogP contribution in [0.3, 0.4) is 0 Å². The number of rotatable bonds is 2. The third-order valence-electron chi connectivity index (χ3n) is 3.34. The van der Waals surface area contributed by atoms with Crippen molar-refractivity contribution in [2.24, 2.45) is 17.8 Å². The molecule has 1 atom stereocenters. The zero-order valence-electron chi connectivity index (χ0n) is 10.9. The molecular weight excluding hydrogens is 188 g/mol. The first-order valence-electron chi connectivity index (χ1n) is 6.23. The Bertz CT molecular complexity index is 169. The van der Waals surface area contributed by atoms with Gasteiger partial charge in [-0.1, -0.05) is 40.5 Å².